The summed E-state index contributed by atoms with van der Waals surface area (Å²) in [4.78, 5) is -0.397. The first-order chi connectivity index (χ1) is 12.6. The smallest absolute Gasteiger partial charge is 0.416 e. The second kappa shape index (κ2) is 6.63. The summed E-state index contributed by atoms with van der Waals surface area (Å²) < 4.78 is 69.5. The van der Waals surface area contributed by atoms with Crippen LogP contribution in [0.3, 0.4) is 0 Å². The van der Waals surface area contributed by atoms with Crippen LogP contribution in [0.4, 0.5) is 24.5 Å². The maximum atomic E-state index is 12.6. The van der Waals surface area contributed by atoms with Crippen LogP contribution in [0, 0.1) is 0 Å². The number of azo groups is 1. The van der Waals surface area contributed by atoms with Crippen molar-refractivity contribution in [1.29, 1.82) is 0 Å². The molecule has 140 valence electrons. The molecular weight excluding hydrogens is 385 g/mol. The Labute approximate surface area is 151 Å². The molecule has 3 aromatic rings. The lowest BCUT2D eigenvalue weighted by Gasteiger charge is -2.07. The van der Waals surface area contributed by atoms with Gasteiger partial charge in [0.05, 0.1) is 16.1 Å². The summed E-state index contributed by atoms with van der Waals surface area (Å²) in [5, 5.41) is 18.4. The molecule has 0 heterocycles. The summed E-state index contributed by atoms with van der Waals surface area (Å²) in [6.45, 7) is 0. The van der Waals surface area contributed by atoms with Crippen molar-refractivity contribution in [3.05, 3.63) is 60.2 Å². The van der Waals surface area contributed by atoms with Crippen LogP contribution in [-0.2, 0) is 16.3 Å². The van der Waals surface area contributed by atoms with Crippen LogP contribution in [-0.4, -0.2) is 18.1 Å². The fourth-order valence-electron chi connectivity index (χ4n) is 2.36. The Morgan fingerprint density at radius 2 is 1.52 bits per heavy atom. The fraction of sp³-hybridized carbons (Fsp3) is 0.0588. The number of alkyl halides is 3. The van der Waals surface area contributed by atoms with Crippen molar-refractivity contribution in [2.24, 2.45) is 10.2 Å². The standard InChI is InChI=1S/C17H11F3N2O4S/c18-17(19,20)11-3-5-12(6-4-11)21-22-16-14-9-13(27(24,25)26)7-1-10(14)2-8-15(16)23/h1-9,23H,(H,24,25,26). The number of halogens is 3. The van der Waals surface area contributed by atoms with Gasteiger partial charge in [-0.1, -0.05) is 12.1 Å². The van der Waals surface area contributed by atoms with E-state index < -0.39 is 26.8 Å². The lowest BCUT2D eigenvalue weighted by molar-refractivity contribution is -0.137. The predicted molar refractivity (Wildman–Crippen MR) is 91.0 cm³/mol. The van der Waals surface area contributed by atoms with E-state index in [1.165, 1.54) is 24.3 Å². The molecule has 0 radical (unpaired) electrons. The number of fused-ring (bicyclic) bond motifs is 1. The molecular formula is C17H11F3N2O4S. The molecule has 0 aliphatic rings. The quantitative estimate of drug-likeness (QED) is 0.468. The van der Waals surface area contributed by atoms with Crippen LogP contribution in [0.5, 0.6) is 5.75 Å². The topological polar surface area (TPSA) is 99.3 Å². The molecule has 0 unspecified atom stereocenters. The summed E-state index contributed by atoms with van der Waals surface area (Å²) in [5.74, 6) is -0.314. The van der Waals surface area contributed by atoms with Crippen molar-refractivity contribution in [1.82, 2.24) is 0 Å². The van der Waals surface area contributed by atoms with Gasteiger partial charge in [0, 0.05) is 5.39 Å². The highest BCUT2D eigenvalue weighted by molar-refractivity contribution is 7.85. The van der Waals surface area contributed by atoms with E-state index in [9.17, 15) is 31.2 Å². The van der Waals surface area contributed by atoms with Crippen molar-refractivity contribution in [3.8, 4) is 5.75 Å². The zero-order valence-electron chi connectivity index (χ0n) is 13.3. The molecule has 0 aliphatic heterocycles. The number of benzene rings is 3. The van der Waals surface area contributed by atoms with E-state index in [-0.39, 0.29) is 22.5 Å². The average Bonchev–Trinajstić information content (AvgIpc) is 2.59. The van der Waals surface area contributed by atoms with Gasteiger partial charge in [0.25, 0.3) is 10.1 Å². The van der Waals surface area contributed by atoms with Gasteiger partial charge in [0.15, 0.2) is 0 Å². The molecule has 3 aromatic carbocycles. The number of phenolic OH excluding ortho intramolecular Hbond substituents is 1. The van der Waals surface area contributed by atoms with Crippen LogP contribution >= 0.6 is 0 Å². The Kier molecular flexibility index (Phi) is 4.62. The highest BCUT2D eigenvalue weighted by atomic mass is 32.2. The van der Waals surface area contributed by atoms with E-state index in [0.29, 0.717) is 5.39 Å². The molecule has 0 atom stereocenters. The zero-order valence-corrected chi connectivity index (χ0v) is 14.2. The first-order valence-electron chi connectivity index (χ1n) is 7.38. The van der Waals surface area contributed by atoms with Crippen molar-refractivity contribution in [2.45, 2.75) is 11.1 Å². The molecule has 0 aliphatic carbocycles. The Balaban J connectivity index is 2.05. The number of rotatable bonds is 3. The molecule has 2 N–H and O–H groups in total. The molecule has 0 saturated carbocycles. The van der Waals surface area contributed by atoms with E-state index >= 15 is 0 Å². The van der Waals surface area contributed by atoms with Crippen LogP contribution in [0.25, 0.3) is 10.8 Å². The van der Waals surface area contributed by atoms with Gasteiger partial charge in [0.2, 0.25) is 0 Å². The third-order valence-electron chi connectivity index (χ3n) is 3.70. The monoisotopic (exact) mass is 396 g/mol. The van der Waals surface area contributed by atoms with Gasteiger partial charge in [-0.25, -0.2) is 0 Å². The number of phenols is 1. The third-order valence-corrected chi connectivity index (χ3v) is 4.55. The van der Waals surface area contributed by atoms with E-state index in [2.05, 4.69) is 10.2 Å². The van der Waals surface area contributed by atoms with Gasteiger partial charge in [0.1, 0.15) is 11.4 Å². The molecule has 0 bridgehead atoms. The van der Waals surface area contributed by atoms with Gasteiger partial charge in [-0.15, -0.1) is 5.11 Å². The molecule has 3 rings (SSSR count). The minimum Gasteiger partial charge on any atom is -0.506 e. The second-order valence-electron chi connectivity index (χ2n) is 5.54. The van der Waals surface area contributed by atoms with Crippen LogP contribution < -0.4 is 0 Å². The number of hydrogen-bond donors (Lipinski definition) is 2. The van der Waals surface area contributed by atoms with Crippen LogP contribution in [0.2, 0.25) is 0 Å². The van der Waals surface area contributed by atoms with Crippen molar-refractivity contribution >= 4 is 32.3 Å². The van der Waals surface area contributed by atoms with Crippen LogP contribution in [0.15, 0.2) is 69.7 Å². The lowest BCUT2D eigenvalue weighted by atomic mass is 10.1. The minimum atomic E-state index is -4.48. The largest absolute Gasteiger partial charge is 0.506 e. The summed E-state index contributed by atoms with van der Waals surface area (Å²) in [7, 11) is -4.47. The number of nitrogens with zero attached hydrogens (tertiary/aromatic N) is 2. The van der Waals surface area contributed by atoms with E-state index in [1.54, 1.807) is 0 Å². The average molecular weight is 396 g/mol. The van der Waals surface area contributed by atoms with E-state index in [4.69, 9.17) is 0 Å². The maximum Gasteiger partial charge on any atom is 0.416 e. The zero-order chi connectivity index (χ0) is 19.8. The predicted octanol–water partition coefficient (Wildman–Crippen LogP) is 5.23. The number of hydrogen-bond acceptors (Lipinski definition) is 5. The molecule has 6 nitrogen and oxygen atoms in total. The molecule has 10 heteroatoms. The summed E-state index contributed by atoms with van der Waals surface area (Å²) in [6.07, 6.45) is -4.48. The maximum absolute atomic E-state index is 12.6. The SMILES string of the molecule is O=S(=O)(O)c1ccc2ccc(O)c(N=Nc3ccc(C(F)(F)F)cc3)c2c1. The van der Waals surface area contributed by atoms with Gasteiger partial charge in [-0.2, -0.15) is 26.7 Å². The first kappa shape index (κ1) is 18.8. The van der Waals surface area contributed by atoms with Crippen molar-refractivity contribution in [3.63, 3.8) is 0 Å². The molecule has 27 heavy (non-hydrogen) atoms. The normalized spacial score (nSPS) is 12.7. The van der Waals surface area contributed by atoms with Crippen LogP contribution in [0.1, 0.15) is 5.56 Å². The Bertz CT molecular complexity index is 1140. The number of aromatic hydroxyl groups is 1. The molecule has 0 fully saturated rings. The molecule has 0 amide bonds. The fourth-order valence-corrected chi connectivity index (χ4v) is 2.87. The second-order valence-corrected chi connectivity index (χ2v) is 6.96. The summed E-state index contributed by atoms with van der Waals surface area (Å²) in [5.41, 5.74) is -0.824. The summed E-state index contributed by atoms with van der Waals surface area (Å²) >= 11 is 0. The molecule has 0 saturated heterocycles. The molecule has 0 spiro atoms. The lowest BCUT2D eigenvalue weighted by Crippen LogP contribution is -2.03. The van der Waals surface area contributed by atoms with Gasteiger partial charge >= 0.3 is 6.18 Å². The van der Waals surface area contributed by atoms with E-state index in [1.807, 2.05) is 0 Å². The molecule has 0 aromatic heterocycles. The highest BCUT2D eigenvalue weighted by Crippen LogP contribution is 2.37. The Morgan fingerprint density at radius 3 is 2.11 bits per heavy atom. The van der Waals surface area contributed by atoms with E-state index in [0.717, 1.165) is 30.3 Å². The van der Waals surface area contributed by atoms with Gasteiger partial charge in [-0.05, 0) is 47.9 Å². The highest BCUT2D eigenvalue weighted by Gasteiger charge is 2.29. The Morgan fingerprint density at radius 1 is 0.889 bits per heavy atom. The third kappa shape index (κ3) is 4.07. The van der Waals surface area contributed by atoms with Crippen molar-refractivity contribution in [2.75, 3.05) is 0 Å². The first-order valence-corrected chi connectivity index (χ1v) is 8.82. The summed E-state index contributed by atoms with van der Waals surface area (Å²) in [6, 6.07) is 10.4. The van der Waals surface area contributed by atoms with Crippen molar-refractivity contribution < 1.29 is 31.2 Å². The Hall–Kier alpha value is -2.98. The van der Waals surface area contributed by atoms with Gasteiger partial charge in [-0.3, -0.25) is 4.55 Å². The van der Waals surface area contributed by atoms with Gasteiger partial charge < -0.3 is 5.11 Å². The minimum absolute atomic E-state index is 0.0853.